The molecule has 0 aromatic heterocycles. The summed E-state index contributed by atoms with van der Waals surface area (Å²) in [6, 6.07) is 19.6. The van der Waals surface area contributed by atoms with E-state index in [1.165, 1.54) is 16.7 Å². The monoisotopic (exact) mass is 251 g/mol. The van der Waals surface area contributed by atoms with Gasteiger partial charge in [0.2, 0.25) is 0 Å². The van der Waals surface area contributed by atoms with Crippen molar-refractivity contribution in [3.05, 3.63) is 71.3 Å². The Bertz CT molecular complexity index is 586. The van der Waals surface area contributed by atoms with E-state index in [2.05, 4.69) is 80.8 Å². The van der Waals surface area contributed by atoms with Crippen molar-refractivity contribution in [1.29, 1.82) is 0 Å². The molecule has 1 aliphatic rings. The standard InChI is InChI=1S/C18H21N/c1-17(2)13-14-9-7-8-12-16(14)18(17,19-3)15-10-5-4-6-11-15/h4-12,19H,13H2,1-3H3. The van der Waals surface area contributed by atoms with E-state index in [1.807, 2.05) is 0 Å². The lowest BCUT2D eigenvalue weighted by atomic mass is 9.68. The summed E-state index contributed by atoms with van der Waals surface area (Å²) in [5.74, 6) is 0. The zero-order valence-electron chi connectivity index (χ0n) is 11.9. The predicted octanol–water partition coefficient (Wildman–Crippen LogP) is 3.73. The Labute approximate surface area is 115 Å². The molecule has 1 unspecified atom stereocenters. The van der Waals surface area contributed by atoms with Gasteiger partial charge in [0.1, 0.15) is 0 Å². The van der Waals surface area contributed by atoms with E-state index < -0.39 is 0 Å². The summed E-state index contributed by atoms with van der Waals surface area (Å²) in [6.45, 7) is 4.72. The van der Waals surface area contributed by atoms with Gasteiger partial charge in [-0.2, -0.15) is 0 Å². The Morgan fingerprint density at radius 1 is 0.895 bits per heavy atom. The van der Waals surface area contributed by atoms with Gasteiger partial charge in [0.05, 0.1) is 5.54 Å². The molecule has 98 valence electrons. The first-order valence-corrected chi connectivity index (χ1v) is 6.95. The first kappa shape index (κ1) is 12.4. The molecule has 3 rings (SSSR count). The van der Waals surface area contributed by atoms with E-state index in [1.54, 1.807) is 0 Å². The summed E-state index contributed by atoms with van der Waals surface area (Å²) in [5, 5.41) is 3.64. The quantitative estimate of drug-likeness (QED) is 0.857. The number of hydrogen-bond acceptors (Lipinski definition) is 1. The van der Waals surface area contributed by atoms with Crippen LogP contribution in [0.15, 0.2) is 54.6 Å². The summed E-state index contributed by atoms with van der Waals surface area (Å²) in [4.78, 5) is 0. The van der Waals surface area contributed by atoms with Crippen LogP contribution >= 0.6 is 0 Å². The first-order valence-electron chi connectivity index (χ1n) is 6.95. The van der Waals surface area contributed by atoms with E-state index in [-0.39, 0.29) is 11.0 Å². The van der Waals surface area contributed by atoms with Gasteiger partial charge in [-0.25, -0.2) is 0 Å². The van der Waals surface area contributed by atoms with Gasteiger partial charge in [-0.15, -0.1) is 0 Å². The van der Waals surface area contributed by atoms with E-state index in [9.17, 15) is 0 Å². The molecule has 1 atom stereocenters. The maximum atomic E-state index is 3.64. The third kappa shape index (κ3) is 1.58. The molecule has 0 fully saturated rings. The Hall–Kier alpha value is -1.60. The van der Waals surface area contributed by atoms with Crippen molar-refractivity contribution >= 4 is 0 Å². The highest BCUT2D eigenvalue weighted by atomic mass is 15.0. The summed E-state index contributed by atoms with van der Waals surface area (Å²) >= 11 is 0. The van der Waals surface area contributed by atoms with Crippen LogP contribution in [0.4, 0.5) is 0 Å². The second-order valence-electron chi connectivity index (χ2n) is 6.08. The van der Waals surface area contributed by atoms with Crippen LogP contribution in [0.5, 0.6) is 0 Å². The van der Waals surface area contributed by atoms with Crippen LogP contribution in [-0.2, 0) is 12.0 Å². The van der Waals surface area contributed by atoms with E-state index >= 15 is 0 Å². The largest absolute Gasteiger partial charge is 0.306 e. The zero-order chi connectivity index (χ0) is 13.5. The van der Waals surface area contributed by atoms with Crippen molar-refractivity contribution in [2.24, 2.45) is 5.41 Å². The maximum absolute atomic E-state index is 3.64. The molecule has 0 heterocycles. The average Bonchev–Trinajstić information content (AvgIpc) is 2.66. The average molecular weight is 251 g/mol. The van der Waals surface area contributed by atoms with Crippen molar-refractivity contribution < 1.29 is 0 Å². The molecule has 1 heteroatoms. The van der Waals surface area contributed by atoms with Crippen LogP contribution in [0.1, 0.15) is 30.5 Å². The molecule has 2 aromatic carbocycles. The second kappa shape index (κ2) is 4.21. The number of rotatable bonds is 2. The minimum atomic E-state index is -0.0924. The minimum absolute atomic E-state index is 0.0924. The zero-order valence-corrected chi connectivity index (χ0v) is 11.9. The Morgan fingerprint density at radius 3 is 2.21 bits per heavy atom. The molecule has 2 aromatic rings. The van der Waals surface area contributed by atoms with Crippen LogP contribution in [0.25, 0.3) is 0 Å². The predicted molar refractivity (Wildman–Crippen MR) is 80.2 cm³/mol. The van der Waals surface area contributed by atoms with Crippen LogP contribution in [-0.4, -0.2) is 7.05 Å². The number of benzene rings is 2. The smallest absolute Gasteiger partial charge is 0.0745 e. The van der Waals surface area contributed by atoms with Gasteiger partial charge < -0.3 is 5.32 Å². The minimum Gasteiger partial charge on any atom is -0.306 e. The van der Waals surface area contributed by atoms with E-state index in [0.29, 0.717) is 0 Å². The molecule has 0 saturated carbocycles. The molecular formula is C18H21N. The summed E-state index contributed by atoms with van der Waals surface area (Å²) < 4.78 is 0. The third-order valence-electron chi connectivity index (χ3n) is 4.65. The third-order valence-corrected chi connectivity index (χ3v) is 4.65. The van der Waals surface area contributed by atoms with Crippen molar-refractivity contribution in [1.82, 2.24) is 5.32 Å². The van der Waals surface area contributed by atoms with Crippen LogP contribution in [0, 0.1) is 5.41 Å². The molecule has 0 bridgehead atoms. The van der Waals surface area contributed by atoms with Gasteiger partial charge >= 0.3 is 0 Å². The van der Waals surface area contributed by atoms with Gasteiger partial charge in [-0.05, 0) is 35.6 Å². The molecule has 0 spiro atoms. The fraction of sp³-hybridized carbons (Fsp3) is 0.333. The Kier molecular flexibility index (Phi) is 2.75. The first-order chi connectivity index (χ1) is 9.12. The molecule has 0 radical (unpaired) electrons. The maximum Gasteiger partial charge on any atom is 0.0745 e. The molecule has 1 aliphatic carbocycles. The molecule has 1 N–H and O–H groups in total. The van der Waals surface area contributed by atoms with Crippen molar-refractivity contribution in [2.45, 2.75) is 25.8 Å². The van der Waals surface area contributed by atoms with Crippen LogP contribution in [0.3, 0.4) is 0 Å². The van der Waals surface area contributed by atoms with E-state index in [0.717, 1.165) is 6.42 Å². The lowest BCUT2D eigenvalue weighted by molar-refractivity contribution is 0.194. The second-order valence-corrected chi connectivity index (χ2v) is 6.08. The molecule has 0 amide bonds. The highest BCUT2D eigenvalue weighted by Gasteiger charge is 2.52. The topological polar surface area (TPSA) is 12.0 Å². The Balaban J connectivity index is 2.30. The number of hydrogen-bond donors (Lipinski definition) is 1. The highest BCUT2D eigenvalue weighted by molar-refractivity contribution is 5.50. The van der Waals surface area contributed by atoms with Crippen molar-refractivity contribution in [3.63, 3.8) is 0 Å². The summed E-state index contributed by atoms with van der Waals surface area (Å²) in [7, 11) is 2.08. The molecule has 0 saturated heterocycles. The van der Waals surface area contributed by atoms with Crippen LogP contribution in [0.2, 0.25) is 0 Å². The SMILES string of the molecule is CNC1(c2ccccc2)c2ccccc2CC1(C)C. The highest BCUT2D eigenvalue weighted by Crippen LogP contribution is 2.53. The van der Waals surface area contributed by atoms with Gasteiger partial charge in [0.25, 0.3) is 0 Å². The molecule has 1 nitrogen and oxygen atoms in total. The van der Waals surface area contributed by atoms with E-state index in [4.69, 9.17) is 0 Å². The normalized spacial score (nSPS) is 24.2. The number of fused-ring (bicyclic) bond motifs is 1. The lowest BCUT2D eigenvalue weighted by Crippen LogP contribution is -2.50. The summed E-state index contributed by atoms with van der Waals surface area (Å²) in [5.41, 5.74) is 4.31. The molecular weight excluding hydrogens is 230 g/mol. The van der Waals surface area contributed by atoms with Crippen molar-refractivity contribution in [3.8, 4) is 0 Å². The van der Waals surface area contributed by atoms with Gasteiger partial charge in [-0.1, -0.05) is 68.4 Å². The van der Waals surface area contributed by atoms with Gasteiger partial charge in [-0.3, -0.25) is 0 Å². The summed E-state index contributed by atoms with van der Waals surface area (Å²) in [6.07, 6.45) is 1.11. The van der Waals surface area contributed by atoms with Crippen LogP contribution < -0.4 is 5.32 Å². The van der Waals surface area contributed by atoms with Gasteiger partial charge in [0.15, 0.2) is 0 Å². The fourth-order valence-corrected chi connectivity index (χ4v) is 3.87. The Morgan fingerprint density at radius 2 is 1.53 bits per heavy atom. The fourth-order valence-electron chi connectivity index (χ4n) is 3.87. The molecule has 0 aliphatic heterocycles. The lowest BCUT2D eigenvalue weighted by Gasteiger charge is -2.43. The molecule has 19 heavy (non-hydrogen) atoms. The van der Waals surface area contributed by atoms with Crippen molar-refractivity contribution in [2.75, 3.05) is 7.05 Å². The number of nitrogens with one attached hydrogen (secondary N) is 1. The van der Waals surface area contributed by atoms with Gasteiger partial charge in [0, 0.05) is 0 Å².